The maximum Gasteiger partial charge on any atom is 0.408 e. The number of hydrogen-bond donors (Lipinski definition) is 1. The molecule has 0 unspecified atom stereocenters. The summed E-state index contributed by atoms with van der Waals surface area (Å²) in [5.41, 5.74) is 1.68. The normalized spacial score (nSPS) is 12.6. The molecular formula is C26H28FNO6S3. The van der Waals surface area contributed by atoms with Crippen molar-refractivity contribution in [1.82, 2.24) is 5.32 Å². The van der Waals surface area contributed by atoms with Crippen molar-refractivity contribution in [3.63, 3.8) is 0 Å². The summed E-state index contributed by atoms with van der Waals surface area (Å²) < 4.78 is 48.3. The zero-order valence-electron chi connectivity index (χ0n) is 21.0. The third kappa shape index (κ3) is 8.05. The highest BCUT2D eigenvalue weighted by molar-refractivity contribution is 8.01. The van der Waals surface area contributed by atoms with Crippen LogP contribution in [-0.4, -0.2) is 51.2 Å². The third-order valence-corrected chi connectivity index (χ3v) is 8.59. The molecule has 0 bridgehead atoms. The molecule has 0 fully saturated rings. The lowest BCUT2D eigenvalue weighted by Crippen LogP contribution is -2.45. The van der Waals surface area contributed by atoms with E-state index >= 15 is 0 Å². The fraction of sp³-hybridized carbons (Fsp3) is 0.308. The second-order valence-corrected chi connectivity index (χ2v) is 13.5. The highest BCUT2D eigenvalue weighted by atomic mass is 32.2. The molecule has 1 N–H and O–H groups in total. The molecule has 0 spiro atoms. The standard InChI is InChI=1S/C26H28FNO6S3/c1-26(2,3)34-25(30)28-21(24(29)33-4)15-35-22-14-20(16-8-12-19(13-9-16)37(5,31)32)23(36-22)17-6-10-18(27)11-7-17/h6-14,21H,15H2,1-5H3,(H,28,30)/t21-/m0/s1. The summed E-state index contributed by atoms with van der Waals surface area (Å²) >= 11 is 2.78. The number of halogens is 1. The van der Waals surface area contributed by atoms with Crippen molar-refractivity contribution in [2.75, 3.05) is 19.1 Å². The van der Waals surface area contributed by atoms with Gasteiger partial charge in [0, 0.05) is 22.4 Å². The van der Waals surface area contributed by atoms with Gasteiger partial charge >= 0.3 is 12.1 Å². The number of nitrogens with one attached hydrogen (secondary N) is 1. The van der Waals surface area contributed by atoms with Crippen molar-refractivity contribution in [3.05, 3.63) is 60.4 Å². The van der Waals surface area contributed by atoms with Gasteiger partial charge < -0.3 is 14.8 Å². The molecule has 198 valence electrons. The Kier molecular flexibility index (Phi) is 9.04. The van der Waals surface area contributed by atoms with E-state index in [9.17, 15) is 22.4 Å². The number of ether oxygens (including phenoxy) is 2. The van der Waals surface area contributed by atoms with Gasteiger partial charge in [-0.2, -0.15) is 0 Å². The number of rotatable bonds is 8. The van der Waals surface area contributed by atoms with Crippen molar-refractivity contribution in [2.45, 2.75) is 41.5 Å². The monoisotopic (exact) mass is 565 g/mol. The number of esters is 1. The van der Waals surface area contributed by atoms with E-state index in [0.717, 1.165) is 32.0 Å². The number of amides is 1. The van der Waals surface area contributed by atoms with Gasteiger partial charge in [0.1, 0.15) is 17.5 Å². The topological polar surface area (TPSA) is 98.8 Å². The molecule has 37 heavy (non-hydrogen) atoms. The summed E-state index contributed by atoms with van der Waals surface area (Å²) in [5, 5.41) is 2.56. The van der Waals surface area contributed by atoms with Crippen LogP contribution in [-0.2, 0) is 24.1 Å². The van der Waals surface area contributed by atoms with Crippen molar-refractivity contribution in [1.29, 1.82) is 0 Å². The van der Waals surface area contributed by atoms with Crippen LogP contribution in [0.1, 0.15) is 20.8 Å². The largest absolute Gasteiger partial charge is 0.467 e. The molecule has 1 atom stereocenters. The summed E-state index contributed by atoms with van der Waals surface area (Å²) in [6.45, 7) is 5.17. The average molecular weight is 566 g/mol. The molecule has 1 aromatic heterocycles. The summed E-state index contributed by atoms with van der Waals surface area (Å²) in [7, 11) is -2.10. The number of hydrogen-bond acceptors (Lipinski definition) is 8. The van der Waals surface area contributed by atoms with E-state index in [2.05, 4.69) is 5.32 Å². The summed E-state index contributed by atoms with van der Waals surface area (Å²) in [5.74, 6) is -0.782. The van der Waals surface area contributed by atoms with Gasteiger partial charge in [-0.25, -0.2) is 22.4 Å². The number of thioether (sulfide) groups is 1. The Bertz CT molecular complexity index is 1360. The van der Waals surface area contributed by atoms with Gasteiger partial charge in [0.05, 0.1) is 16.2 Å². The first-order valence-corrected chi connectivity index (χ1v) is 14.9. The highest BCUT2D eigenvalue weighted by Crippen LogP contribution is 2.43. The van der Waals surface area contributed by atoms with Crippen LogP contribution in [0, 0.1) is 5.82 Å². The second-order valence-electron chi connectivity index (χ2n) is 9.14. The molecule has 1 amide bonds. The van der Waals surface area contributed by atoms with Crippen LogP contribution in [0.4, 0.5) is 9.18 Å². The minimum absolute atomic E-state index is 0.182. The zero-order valence-corrected chi connectivity index (χ0v) is 23.5. The Balaban J connectivity index is 1.91. The van der Waals surface area contributed by atoms with Crippen molar-refractivity contribution < 1.29 is 31.9 Å². The minimum Gasteiger partial charge on any atom is -0.467 e. The molecule has 3 aromatic rings. The van der Waals surface area contributed by atoms with Gasteiger partial charge in [0.25, 0.3) is 0 Å². The summed E-state index contributed by atoms with van der Waals surface area (Å²) in [6, 6.07) is 13.6. The van der Waals surface area contributed by atoms with Crippen LogP contribution in [0.15, 0.2) is 63.7 Å². The Morgan fingerprint density at radius 3 is 2.19 bits per heavy atom. The van der Waals surface area contributed by atoms with Gasteiger partial charge in [-0.3, -0.25) is 0 Å². The van der Waals surface area contributed by atoms with E-state index in [1.807, 2.05) is 6.07 Å². The lowest BCUT2D eigenvalue weighted by atomic mass is 10.0. The number of carbonyl (C=O) groups excluding carboxylic acids is 2. The molecule has 0 aliphatic heterocycles. The fourth-order valence-electron chi connectivity index (χ4n) is 3.28. The SMILES string of the molecule is COC(=O)[C@H](CSc1cc(-c2ccc(S(C)(=O)=O)cc2)c(-c2ccc(F)cc2)s1)NC(=O)OC(C)(C)C. The van der Waals surface area contributed by atoms with Gasteiger partial charge in [-0.15, -0.1) is 23.1 Å². The van der Waals surface area contributed by atoms with Crippen molar-refractivity contribution >= 4 is 45.0 Å². The predicted octanol–water partition coefficient (Wildman–Crippen LogP) is 5.78. The molecule has 11 heteroatoms. The van der Waals surface area contributed by atoms with E-state index in [1.165, 1.54) is 42.3 Å². The first-order valence-electron chi connectivity index (χ1n) is 11.2. The molecule has 0 aliphatic carbocycles. The van der Waals surface area contributed by atoms with Crippen LogP contribution in [0.5, 0.6) is 0 Å². The van der Waals surface area contributed by atoms with Crippen LogP contribution in [0.25, 0.3) is 21.6 Å². The molecule has 0 saturated heterocycles. The van der Waals surface area contributed by atoms with Crippen LogP contribution >= 0.6 is 23.1 Å². The van der Waals surface area contributed by atoms with E-state index in [4.69, 9.17) is 9.47 Å². The van der Waals surface area contributed by atoms with Gasteiger partial charge in [0.2, 0.25) is 0 Å². The molecule has 0 radical (unpaired) electrons. The number of methoxy groups -OCH3 is 1. The minimum atomic E-state index is -3.35. The Morgan fingerprint density at radius 1 is 1.05 bits per heavy atom. The smallest absolute Gasteiger partial charge is 0.408 e. The Morgan fingerprint density at radius 2 is 1.65 bits per heavy atom. The number of carbonyl (C=O) groups is 2. The maximum absolute atomic E-state index is 13.6. The van der Waals surface area contributed by atoms with Gasteiger partial charge in [0.15, 0.2) is 9.84 Å². The zero-order chi connectivity index (χ0) is 27.4. The lowest BCUT2D eigenvalue weighted by molar-refractivity contribution is -0.142. The lowest BCUT2D eigenvalue weighted by Gasteiger charge is -2.22. The number of benzene rings is 2. The molecule has 2 aromatic carbocycles. The van der Waals surface area contributed by atoms with Crippen molar-refractivity contribution in [3.8, 4) is 21.6 Å². The van der Waals surface area contributed by atoms with E-state index in [-0.39, 0.29) is 16.5 Å². The number of sulfone groups is 1. The molecule has 3 rings (SSSR count). The average Bonchev–Trinajstić information content (AvgIpc) is 3.24. The fourth-order valence-corrected chi connectivity index (χ4v) is 6.27. The van der Waals surface area contributed by atoms with E-state index in [0.29, 0.717) is 0 Å². The maximum atomic E-state index is 13.6. The molecule has 0 saturated carbocycles. The van der Waals surface area contributed by atoms with Crippen LogP contribution in [0.2, 0.25) is 0 Å². The van der Waals surface area contributed by atoms with E-state index in [1.54, 1.807) is 57.2 Å². The number of thiophene rings is 1. The summed E-state index contributed by atoms with van der Waals surface area (Å²) in [4.78, 5) is 25.6. The van der Waals surface area contributed by atoms with Gasteiger partial charge in [-0.05, 0) is 62.2 Å². The second kappa shape index (κ2) is 11.7. The first-order chi connectivity index (χ1) is 17.3. The van der Waals surface area contributed by atoms with Crippen molar-refractivity contribution in [2.24, 2.45) is 0 Å². The molecule has 1 heterocycles. The van der Waals surface area contributed by atoms with E-state index < -0.39 is 33.5 Å². The van der Waals surface area contributed by atoms with Crippen LogP contribution < -0.4 is 5.32 Å². The third-order valence-electron chi connectivity index (χ3n) is 4.98. The first kappa shape index (κ1) is 28.7. The number of alkyl carbamates (subject to hydrolysis) is 1. The molecular weight excluding hydrogens is 537 g/mol. The molecule has 0 aliphatic rings. The Labute approximate surface area is 224 Å². The summed E-state index contributed by atoms with van der Waals surface area (Å²) in [6.07, 6.45) is 0.419. The Hall–Kier alpha value is -2.89. The quantitative estimate of drug-likeness (QED) is 0.273. The van der Waals surface area contributed by atoms with Crippen LogP contribution in [0.3, 0.4) is 0 Å². The highest BCUT2D eigenvalue weighted by Gasteiger charge is 2.26. The molecule has 7 nitrogen and oxygen atoms in total. The predicted molar refractivity (Wildman–Crippen MR) is 144 cm³/mol. The van der Waals surface area contributed by atoms with Gasteiger partial charge in [-0.1, -0.05) is 24.3 Å².